The summed E-state index contributed by atoms with van der Waals surface area (Å²) in [6, 6.07) is 3.65. The van der Waals surface area contributed by atoms with E-state index in [1.165, 1.54) is 11.3 Å². The van der Waals surface area contributed by atoms with Gasteiger partial charge >= 0.3 is 0 Å². The monoisotopic (exact) mass is 210 g/mol. The molecule has 0 unspecified atom stereocenters. The largest absolute Gasteiger partial charge is 0.237 e. The number of aryl methyl sites for hydroxylation is 1. The Bertz CT molecular complexity index is 339. The van der Waals surface area contributed by atoms with Crippen LogP contribution in [0.2, 0.25) is 0 Å². The van der Waals surface area contributed by atoms with Crippen molar-refractivity contribution in [3.63, 3.8) is 0 Å². The number of rotatable bonds is 2. The Labute approximate surface area is 74.2 Å². The lowest BCUT2D eigenvalue weighted by Crippen LogP contribution is -1.91. The molecule has 0 atom stereocenters. The fraction of sp³-hybridized carbons (Fsp3) is 0.333. The third-order valence-corrected chi connectivity index (χ3v) is 3.28. The van der Waals surface area contributed by atoms with E-state index in [1.54, 1.807) is 6.07 Å². The molecule has 5 heteroatoms. The minimum absolute atomic E-state index is 0.0624. The average molecular weight is 211 g/mol. The van der Waals surface area contributed by atoms with Crippen LogP contribution >= 0.6 is 22.0 Å². The summed E-state index contributed by atoms with van der Waals surface area (Å²) >= 11 is 1.45. The quantitative estimate of drug-likeness (QED) is 0.701. The lowest BCUT2D eigenvalue weighted by Gasteiger charge is -1.89. The van der Waals surface area contributed by atoms with E-state index in [-0.39, 0.29) is 5.75 Å². The highest BCUT2D eigenvalue weighted by Crippen LogP contribution is 2.18. The highest BCUT2D eigenvalue weighted by molar-refractivity contribution is 8.13. The summed E-state index contributed by atoms with van der Waals surface area (Å²) < 4.78 is 21.2. The second-order valence-electron chi connectivity index (χ2n) is 2.20. The van der Waals surface area contributed by atoms with Crippen LogP contribution in [0, 0.1) is 6.92 Å². The molecule has 0 aliphatic rings. The van der Waals surface area contributed by atoms with Crippen molar-refractivity contribution in [3.05, 3.63) is 21.9 Å². The van der Waals surface area contributed by atoms with Crippen molar-refractivity contribution in [2.24, 2.45) is 0 Å². The van der Waals surface area contributed by atoms with E-state index in [0.29, 0.717) is 0 Å². The van der Waals surface area contributed by atoms with Gasteiger partial charge in [0.25, 0.3) is 0 Å². The molecule has 0 bridgehead atoms. The smallest absolute Gasteiger partial charge is 0.212 e. The van der Waals surface area contributed by atoms with Gasteiger partial charge in [-0.05, 0) is 19.1 Å². The maximum absolute atomic E-state index is 10.6. The van der Waals surface area contributed by atoms with Gasteiger partial charge in [-0.25, -0.2) is 8.42 Å². The van der Waals surface area contributed by atoms with Crippen LogP contribution in [0.15, 0.2) is 12.1 Å². The minimum atomic E-state index is -3.38. The first kappa shape index (κ1) is 9.03. The molecule has 1 rings (SSSR count). The number of hydrogen-bond donors (Lipinski definition) is 0. The first-order valence-corrected chi connectivity index (χ1v) is 6.24. The number of halogens is 1. The molecule has 0 aliphatic heterocycles. The molecule has 0 aromatic carbocycles. The Morgan fingerprint density at radius 3 is 2.55 bits per heavy atom. The minimum Gasteiger partial charge on any atom is -0.212 e. The highest BCUT2D eigenvalue weighted by Gasteiger charge is 2.07. The molecule has 2 nitrogen and oxygen atoms in total. The second kappa shape index (κ2) is 3.13. The van der Waals surface area contributed by atoms with Gasteiger partial charge in [0, 0.05) is 20.4 Å². The SMILES string of the molecule is Cc1ccc(CS(=O)(=O)Cl)s1. The summed E-state index contributed by atoms with van der Waals surface area (Å²) in [4.78, 5) is 1.89. The number of hydrogen-bond acceptors (Lipinski definition) is 3. The molecule has 0 saturated carbocycles. The summed E-state index contributed by atoms with van der Waals surface area (Å²) in [5, 5.41) is 0. The normalized spacial score (nSPS) is 11.8. The van der Waals surface area contributed by atoms with Crippen molar-refractivity contribution in [2.45, 2.75) is 12.7 Å². The van der Waals surface area contributed by atoms with E-state index in [1.807, 2.05) is 13.0 Å². The van der Waals surface area contributed by atoms with Crippen molar-refractivity contribution in [1.82, 2.24) is 0 Å². The third kappa shape index (κ3) is 3.22. The predicted molar refractivity (Wildman–Crippen MR) is 47.5 cm³/mol. The maximum atomic E-state index is 10.6. The zero-order chi connectivity index (χ0) is 8.48. The van der Waals surface area contributed by atoms with Crippen LogP contribution in [0.25, 0.3) is 0 Å². The van der Waals surface area contributed by atoms with E-state index in [9.17, 15) is 8.42 Å². The summed E-state index contributed by atoms with van der Waals surface area (Å²) in [6.07, 6.45) is 0. The van der Waals surface area contributed by atoms with Gasteiger partial charge in [-0.2, -0.15) is 0 Å². The standard InChI is InChI=1S/C6H7ClO2S2/c1-5-2-3-6(10-5)4-11(7,8)9/h2-3H,4H2,1H3. The predicted octanol–water partition coefficient (Wildman–Crippen LogP) is 2.13. The molecule has 0 amide bonds. The first-order chi connectivity index (χ1) is 4.97. The lowest BCUT2D eigenvalue weighted by atomic mass is 10.5. The Kier molecular flexibility index (Phi) is 2.57. The molecular formula is C6H7ClO2S2. The molecule has 1 aromatic rings. The van der Waals surface area contributed by atoms with Crippen LogP contribution in [0.4, 0.5) is 0 Å². The molecule has 1 heterocycles. The Morgan fingerprint density at radius 1 is 1.55 bits per heavy atom. The van der Waals surface area contributed by atoms with Crippen LogP contribution in [0.1, 0.15) is 9.75 Å². The molecule has 62 valence electrons. The summed E-state index contributed by atoms with van der Waals surface area (Å²) in [6.45, 7) is 1.93. The van der Waals surface area contributed by atoms with Gasteiger partial charge in [0.15, 0.2) is 0 Å². The van der Waals surface area contributed by atoms with Crippen LogP contribution in [0.3, 0.4) is 0 Å². The van der Waals surface area contributed by atoms with E-state index in [4.69, 9.17) is 10.7 Å². The fourth-order valence-electron chi connectivity index (χ4n) is 0.733. The summed E-state index contributed by atoms with van der Waals surface area (Å²) in [5.74, 6) is -0.0624. The molecule has 1 aromatic heterocycles. The Balaban J connectivity index is 2.81. The molecule has 0 N–H and O–H groups in total. The van der Waals surface area contributed by atoms with Gasteiger partial charge < -0.3 is 0 Å². The lowest BCUT2D eigenvalue weighted by molar-refractivity contribution is 0.609. The van der Waals surface area contributed by atoms with E-state index in [2.05, 4.69) is 0 Å². The highest BCUT2D eigenvalue weighted by atomic mass is 35.7. The maximum Gasteiger partial charge on any atom is 0.237 e. The Morgan fingerprint density at radius 2 is 2.18 bits per heavy atom. The van der Waals surface area contributed by atoms with Gasteiger partial charge in [-0.3, -0.25) is 0 Å². The molecule has 11 heavy (non-hydrogen) atoms. The number of thiophene rings is 1. The first-order valence-electron chi connectivity index (χ1n) is 2.95. The topological polar surface area (TPSA) is 34.1 Å². The van der Waals surface area contributed by atoms with E-state index >= 15 is 0 Å². The van der Waals surface area contributed by atoms with Gasteiger partial charge in [-0.15, -0.1) is 11.3 Å². The zero-order valence-corrected chi connectivity index (χ0v) is 8.26. The molecule has 0 spiro atoms. The molecule has 0 saturated heterocycles. The van der Waals surface area contributed by atoms with Crippen molar-refractivity contribution in [3.8, 4) is 0 Å². The van der Waals surface area contributed by atoms with Crippen molar-refractivity contribution in [1.29, 1.82) is 0 Å². The van der Waals surface area contributed by atoms with Crippen LogP contribution in [-0.4, -0.2) is 8.42 Å². The average Bonchev–Trinajstić information content (AvgIpc) is 2.10. The van der Waals surface area contributed by atoms with Crippen LogP contribution in [0.5, 0.6) is 0 Å². The van der Waals surface area contributed by atoms with Gasteiger partial charge in [0.1, 0.15) is 0 Å². The zero-order valence-electron chi connectivity index (χ0n) is 5.87. The van der Waals surface area contributed by atoms with Crippen molar-refractivity contribution >= 4 is 31.1 Å². The summed E-state index contributed by atoms with van der Waals surface area (Å²) in [7, 11) is 1.67. The van der Waals surface area contributed by atoms with Crippen molar-refractivity contribution < 1.29 is 8.42 Å². The van der Waals surface area contributed by atoms with Crippen LogP contribution < -0.4 is 0 Å². The molecule has 0 fully saturated rings. The molecule has 0 aliphatic carbocycles. The van der Waals surface area contributed by atoms with Crippen molar-refractivity contribution in [2.75, 3.05) is 0 Å². The Hall–Kier alpha value is -0.0600. The van der Waals surface area contributed by atoms with Crippen LogP contribution in [-0.2, 0) is 14.8 Å². The molecular weight excluding hydrogens is 204 g/mol. The van der Waals surface area contributed by atoms with Gasteiger partial charge in [-0.1, -0.05) is 0 Å². The van der Waals surface area contributed by atoms with E-state index < -0.39 is 9.05 Å². The molecule has 0 radical (unpaired) electrons. The van der Waals surface area contributed by atoms with Gasteiger partial charge in [0.2, 0.25) is 9.05 Å². The van der Waals surface area contributed by atoms with Gasteiger partial charge in [0.05, 0.1) is 5.75 Å². The summed E-state index contributed by atoms with van der Waals surface area (Å²) in [5.41, 5.74) is 0. The third-order valence-electron chi connectivity index (χ3n) is 1.11. The second-order valence-corrected chi connectivity index (χ2v) is 6.34. The van der Waals surface area contributed by atoms with E-state index in [0.717, 1.165) is 9.75 Å². The fourth-order valence-corrected chi connectivity index (χ4v) is 3.10.